The summed E-state index contributed by atoms with van der Waals surface area (Å²) in [7, 11) is 0. The van der Waals surface area contributed by atoms with Gasteiger partial charge in [-0.2, -0.15) is 0 Å². The summed E-state index contributed by atoms with van der Waals surface area (Å²) in [4.78, 5) is 8.73. The van der Waals surface area contributed by atoms with E-state index in [1.54, 1.807) is 5.57 Å². The van der Waals surface area contributed by atoms with E-state index in [0.29, 0.717) is 5.15 Å². The van der Waals surface area contributed by atoms with Crippen molar-refractivity contribution in [1.29, 1.82) is 0 Å². The number of halogens is 1. The molecule has 0 saturated heterocycles. The molecule has 0 fully saturated rings. The van der Waals surface area contributed by atoms with Crippen molar-refractivity contribution in [3.8, 4) is 0 Å². The second-order valence-corrected chi connectivity index (χ2v) is 5.05. The van der Waals surface area contributed by atoms with E-state index >= 15 is 0 Å². The van der Waals surface area contributed by atoms with Crippen molar-refractivity contribution in [3.63, 3.8) is 0 Å². The van der Waals surface area contributed by atoms with Gasteiger partial charge in [-0.25, -0.2) is 9.97 Å². The Kier molecular flexibility index (Phi) is 4.59. The summed E-state index contributed by atoms with van der Waals surface area (Å²) < 4.78 is 0. The van der Waals surface area contributed by atoms with Crippen LogP contribution in [0.2, 0.25) is 5.15 Å². The average Bonchev–Trinajstić information content (AvgIpc) is 2.87. The zero-order chi connectivity index (χ0) is 13.0. The predicted octanol–water partition coefficient (Wildman–Crippen LogP) is 3.91. The van der Waals surface area contributed by atoms with Gasteiger partial charge in [0.05, 0.1) is 0 Å². The second-order valence-electron chi connectivity index (χ2n) is 4.69. The standard InChI is InChI=1S/C14H20ClN3/c1-3-12-17-13(15)10(2)14(18-12)16-9-8-11-6-4-5-7-11/h6H,3-5,7-9H2,1-2H3,(H,16,17,18). The van der Waals surface area contributed by atoms with Crippen molar-refractivity contribution in [3.05, 3.63) is 28.2 Å². The molecule has 0 atom stereocenters. The molecule has 18 heavy (non-hydrogen) atoms. The van der Waals surface area contributed by atoms with Gasteiger partial charge in [-0.15, -0.1) is 0 Å². The molecule has 0 aliphatic heterocycles. The Balaban J connectivity index is 1.97. The summed E-state index contributed by atoms with van der Waals surface area (Å²) in [5.41, 5.74) is 2.50. The monoisotopic (exact) mass is 265 g/mol. The van der Waals surface area contributed by atoms with E-state index < -0.39 is 0 Å². The molecule has 98 valence electrons. The van der Waals surface area contributed by atoms with E-state index in [4.69, 9.17) is 11.6 Å². The van der Waals surface area contributed by atoms with E-state index in [0.717, 1.165) is 36.6 Å². The zero-order valence-corrected chi connectivity index (χ0v) is 11.8. The number of aryl methyl sites for hydroxylation is 1. The maximum absolute atomic E-state index is 6.10. The third-order valence-corrected chi connectivity index (χ3v) is 3.69. The lowest BCUT2D eigenvalue weighted by Crippen LogP contribution is -2.08. The van der Waals surface area contributed by atoms with Gasteiger partial charge < -0.3 is 5.32 Å². The van der Waals surface area contributed by atoms with Crippen molar-refractivity contribution in [2.45, 2.75) is 46.0 Å². The molecule has 0 unspecified atom stereocenters. The molecular weight excluding hydrogens is 246 g/mol. The van der Waals surface area contributed by atoms with Gasteiger partial charge in [0.1, 0.15) is 16.8 Å². The van der Waals surface area contributed by atoms with Crippen LogP contribution in [-0.4, -0.2) is 16.5 Å². The van der Waals surface area contributed by atoms with E-state index in [1.165, 1.54) is 19.3 Å². The lowest BCUT2D eigenvalue weighted by atomic mass is 10.1. The normalized spacial score (nSPS) is 14.7. The number of nitrogens with zero attached hydrogens (tertiary/aromatic N) is 2. The summed E-state index contributed by atoms with van der Waals surface area (Å²) in [6, 6.07) is 0. The number of allylic oxidation sites excluding steroid dienone is 1. The minimum Gasteiger partial charge on any atom is -0.369 e. The van der Waals surface area contributed by atoms with Crippen LogP contribution in [0.4, 0.5) is 5.82 Å². The highest BCUT2D eigenvalue weighted by Crippen LogP contribution is 2.22. The first-order valence-corrected chi connectivity index (χ1v) is 7.03. The molecule has 0 saturated carbocycles. The van der Waals surface area contributed by atoms with Gasteiger partial charge in [0.25, 0.3) is 0 Å². The SMILES string of the molecule is CCc1nc(Cl)c(C)c(NCCC2=CCCC2)n1. The molecule has 3 nitrogen and oxygen atoms in total. The first-order valence-electron chi connectivity index (χ1n) is 6.65. The Hall–Kier alpha value is -1.09. The summed E-state index contributed by atoms with van der Waals surface area (Å²) in [6.45, 7) is 4.91. The van der Waals surface area contributed by atoms with Crippen LogP contribution < -0.4 is 5.32 Å². The smallest absolute Gasteiger partial charge is 0.137 e. The molecule has 1 aromatic rings. The lowest BCUT2D eigenvalue weighted by Gasteiger charge is -2.11. The van der Waals surface area contributed by atoms with Crippen LogP contribution in [0.25, 0.3) is 0 Å². The minimum atomic E-state index is 0.560. The van der Waals surface area contributed by atoms with E-state index in [-0.39, 0.29) is 0 Å². The highest BCUT2D eigenvalue weighted by molar-refractivity contribution is 6.30. The maximum Gasteiger partial charge on any atom is 0.137 e. The third kappa shape index (κ3) is 3.22. The Bertz CT molecular complexity index is 455. The molecule has 1 aromatic heterocycles. The average molecular weight is 266 g/mol. The van der Waals surface area contributed by atoms with Crippen LogP contribution in [-0.2, 0) is 6.42 Å². The number of rotatable bonds is 5. The summed E-state index contributed by atoms with van der Waals surface area (Å²) in [5, 5.41) is 3.94. The van der Waals surface area contributed by atoms with Crippen molar-refractivity contribution in [2.24, 2.45) is 0 Å². The molecule has 0 spiro atoms. The second kappa shape index (κ2) is 6.19. The van der Waals surface area contributed by atoms with Crippen LogP contribution in [0.5, 0.6) is 0 Å². The topological polar surface area (TPSA) is 37.8 Å². The first-order chi connectivity index (χ1) is 8.70. The van der Waals surface area contributed by atoms with E-state index in [9.17, 15) is 0 Å². The number of aromatic nitrogens is 2. The number of hydrogen-bond donors (Lipinski definition) is 1. The van der Waals surface area contributed by atoms with E-state index in [1.807, 2.05) is 13.8 Å². The van der Waals surface area contributed by atoms with Crippen molar-refractivity contribution >= 4 is 17.4 Å². The Morgan fingerprint density at radius 2 is 2.22 bits per heavy atom. The zero-order valence-electron chi connectivity index (χ0n) is 11.1. The largest absolute Gasteiger partial charge is 0.369 e. The molecular formula is C14H20ClN3. The molecule has 1 heterocycles. The molecule has 0 bridgehead atoms. The minimum absolute atomic E-state index is 0.560. The molecule has 1 N–H and O–H groups in total. The van der Waals surface area contributed by atoms with E-state index in [2.05, 4.69) is 21.4 Å². The molecule has 4 heteroatoms. The third-order valence-electron chi connectivity index (χ3n) is 3.32. The van der Waals surface area contributed by atoms with Gasteiger partial charge in [0.15, 0.2) is 0 Å². The summed E-state index contributed by atoms with van der Waals surface area (Å²) in [5.74, 6) is 1.68. The molecule has 1 aliphatic carbocycles. The number of nitrogens with one attached hydrogen (secondary N) is 1. The highest BCUT2D eigenvalue weighted by Gasteiger charge is 2.09. The van der Waals surface area contributed by atoms with Crippen molar-refractivity contribution in [1.82, 2.24) is 9.97 Å². The van der Waals surface area contributed by atoms with Crippen LogP contribution in [0, 0.1) is 6.92 Å². The van der Waals surface area contributed by atoms with Gasteiger partial charge >= 0.3 is 0 Å². The molecule has 2 rings (SSSR count). The fraction of sp³-hybridized carbons (Fsp3) is 0.571. The van der Waals surface area contributed by atoms with Gasteiger partial charge in [-0.05, 0) is 32.6 Å². The van der Waals surface area contributed by atoms with Gasteiger partial charge in [0, 0.05) is 18.5 Å². The fourth-order valence-electron chi connectivity index (χ4n) is 2.17. The maximum atomic E-state index is 6.10. The highest BCUT2D eigenvalue weighted by atomic mass is 35.5. The number of anilines is 1. The lowest BCUT2D eigenvalue weighted by molar-refractivity contribution is 0.857. The molecule has 0 aromatic carbocycles. The number of hydrogen-bond acceptors (Lipinski definition) is 3. The predicted molar refractivity (Wildman–Crippen MR) is 76.2 cm³/mol. The van der Waals surface area contributed by atoms with Crippen LogP contribution in [0.15, 0.2) is 11.6 Å². The molecule has 1 aliphatic rings. The molecule has 0 radical (unpaired) electrons. The fourth-order valence-corrected chi connectivity index (χ4v) is 2.36. The quantitative estimate of drug-likeness (QED) is 0.648. The Morgan fingerprint density at radius 1 is 1.39 bits per heavy atom. The summed E-state index contributed by atoms with van der Waals surface area (Å²) in [6.07, 6.45) is 8.08. The Morgan fingerprint density at radius 3 is 2.89 bits per heavy atom. The molecule has 0 amide bonds. The Labute approximate surface area is 114 Å². The summed E-state index contributed by atoms with van der Waals surface area (Å²) >= 11 is 6.10. The van der Waals surface area contributed by atoms with Crippen molar-refractivity contribution < 1.29 is 0 Å². The van der Waals surface area contributed by atoms with Gasteiger partial charge in [0.2, 0.25) is 0 Å². The van der Waals surface area contributed by atoms with Crippen molar-refractivity contribution in [2.75, 3.05) is 11.9 Å². The van der Waals surface area contributed by atoms with Crippen LogP contribution >= 0.6 is 11.6 Å². The first kappa shape index (κ1) is 13.3. The van der Waals surface area contributed by atoms with Gasteiger partial charge in [-0.1, -0.05) is 30.2 Å². The van der Waals surface area contributed by atoms with Crippen LogP contribution in [0.1, 0.15) is 44.0 Å². The van der Waals surface area contributed by atoms with Crippen LogP contribution in [0.3, 0.4) is 0 Å². The van der Waals surface area contributed by atoms with Gasteiger partial charge in [-0.3, -0.25) is 0 Å².